The fourth-order valence-electron chi connectivity index (χ4n) is 1.60. The number of carbonyl (C=O) groups is 1. The van der Waals surface area contributed by atoms with Gasteiger partial charge in [0.1, 0.15) is 5.82 Å². The molecule has 2 aromatic rings. The number of nitrogens with zero attached hydrogens (tertiary/aromatic N) is 1. The molecule has 26 heavy (non-hydrogen) atoms. The van der Waals surface area contributed by atoms with E-state index in [1.807, 2.05) is 18.2 Å². The Morgan fingerprint density at radius 2 is 1.38 bits per heavy atom. The standard InChI is InChI=1S/C11H15FN2O.C7H8.2ClH.Na.H2O.H/c1-11(2,3)14(13)10(15)8-6-4-5-7-9(8)12;1-7-5-3-2-4-6-7;;;;;/h4-7H,13H2,1-3H3;2-6H,1H3;2*1H;;1H2;. The van der Waals surface area contributed by atoms with E-state index in [2.05, 4.69) is 19.1 Å². The molecule has 8 heteroatoms. The van der Waals surface area contributed by atoms with Crippen molar-refractivity contribution in [1.29, 1.82) is 0 Å². The zero-order valence-electron chi connectivity index (χ0n) is 14.8. The van der Waals surface area contributed by atoms with Crippen LogP contribution in [0.3, 0.4) is 0 Å². The molecule has 0 aromatic heterocycles. The second-order valence-corrected chi connectivity index (χ2v) is 5.98. The first-order valence-electron chi connectivity index (χ1n) is 7.09. The third-order valence-electron chi connectivity index (χ3n) is 2.99. The number of halogens is 3. The Morgan fingerprint density at radius 1 is 0.962 bits per heavy atom. The van der Waals surface area contributed by atoms with Gasteiger partial charge in [0.15, 0.2) is 0 Å². The van der Waals surface area contributed by atoms with Crippen LogP contribution in [0.15, 0.2) is 54.6 Å². The molecule has 0 heterocycles. The summed E-state index contributed by atoms with van der Waals surface area (Å²) in [5, 5.41) is 1.03. The summed E-state index contributed by atoms with van der Waals surface area (Å²) in [6.07, 6.45) is 0. The number of hydrazine groups is 1. The molecule has 0 saturated carbocycles. The van der Waals surface area contributed by atoms with Crippen LogP contribution in [0.2, 0.25) is 0 Å². The molecule has 0 atom stereocenters. The van der Waals surface area contributed by atoms with E-state index in [1.54, 1.807) is 26.8 Å². The predicted octanol–water partition coefficient (Wildman–Crippen LogP) is 3.31. The first kappa shape index (κ1) is 33.0. The van der Waals surface area contributed by atoms with Gasteiger partial charge in [-0.05, 0) is 39.8 Å². The predicted molar refractivity (Wildman–Crippen MR) is 113 cm³/mol. The Kier molecular flexibility index (Phi) is 19.5. The molecule has 0 unspecified atom stereocenters. The van der Waals surface area contributed by atoms with Gasteiger partial charge < -0.3 is 5.48 Å². The molecular weight excluding hydrogens is 389 g/mol. The molecule has 144 valence electrons. The summed E-state index contributed by atoms with van der Waals surface area (Å²) in [6, 6.07) is 16.1. The number of benzene rings is 2. The second kappa shape index (κ2) is 15.4. The fourth-order valence-corrected chi connectivity index (χ4v) is 1.60. The van der Waals surface area contributed by atoms with Crippen molar-refractivity contribution >= 4 is 60.3 Å². The summed E-state index contributed by atoms with van der Waals surface area (Å²) in [4.78, 5) is 11.8. The molecular formula is C18H28Cl2FN2NaO2. The molecule has 0 aliphatic heterocycles. The molecule has 0 fully saturated rings. The topological polar surface area (TPSA) is 77.8 Å². The summed E-state index contributed by atoms with van der Waals surface area (Å²) in [6.45, 7) is 7.43. The van der Waals surface area contributed by atoms with Crippen molar-refractivity contribution < 1.29 is 14.7 Å². The van der Waals surface area contributed by atoms with Crippen molar-refractivity contribution in [3.05, 3.63) is 71.5 Å². The van der Waals surface area contributed by atoms with E-state index in [9.17, 15) is 9.18 Å². The summed E-state index contributed by atoms with van der Waals surface area (Å²) < 4.78 is 13.3. The molecule has 0 saturated heterocycles. The van der Waals surface area contributed by atoms with Gasteiger partial charge in [0.05, 0.1) is 11.1 Å². The summed E-state index contributed by atoms with van der Waals surface area (Å²) in [5.41, 5.74) is 0.789. The van der Waals surface area contributed by atoms with E-state index in [0.717, 1.165) is 5.01 Å². The number of hydrogen-bond acceptors (Lipinski definition) is 2. The molecule has 0 bridgehead atoms. The Balaban J connectivity index is -0.000000191. The van der Waals surface area contributed by atoms with Crippen molar-refractivity contribution in [3.63, 3.8) is 0 Å². The second-order valence-electron chi connectivity index (χ2n) is 5.98. The van der Waals surface area contributed by atoms with Crippen molar-refractivity contribution in [2.24, 2.45) is 5.84 Å². The van der Waals surface area contributed by atoms with E-state index in [4.69, 9.17) is 5.84 Å². The quantitative estimate of drug-likeness (QED) is 0.335. The number of rotatable bonds is 1. The van der Waals surface area contributed by atoms with Gasteiger partial charge in [0.25, 0.3) is 5.91 Å². The third kappa shape index (κ3) is 11.1. The van der Waals surface area contributed by atoms with E-state index in [-0.39, 0.29) is 65.4 Å². The Labute approximate surface area is 189 Å². The van der Waals surface area contributed by atoms with E-state index >= 15 is 0 Å². The fraction of sp³-hybridized carbons (Fsp3) is 0.278. The minimum absolute atomic E-state index is 0. The molecule has 0 radical (unpaired) electrons. The molecule has 0 aliphatic rings. The average Bonchev–Trinajstić information content (AvgIpc) is 2.47. The summed E-state index contributed by atoms with van der Waals surface area (Å²) in [7, 11) is 0. The monoisotopic (exact) mass is 416 g/mol. The maximum atomic E-state index is 13.3. The molecule has 0 aliphatic carbocycles. The third-order valence-corrected chi connectivity index (χ3v) is 2.99. The summed E-state index contributed by atoms with van der Waals surface area (Å²) in [5.74, 6) is 4.55. The van der Waals surface area contributed by atoms with Gasteiger partial charge in [0.2, 0.25) is 0 Å². The Morgan fingerprint density at radius 3 is 1.73 bits per heavy atom. The molecule has 2 rings (SSSR count). The maximum absolute atomic E-state index is 13.3. The number of hydrogen-bond donors (Lipinski definition) is 1. The average molecular weight is 417 g/mol. The van der Waals surface area contributed by atoms with Gasteiger partial charge in [-0.1, -0.05) is 48.0 Å². The number of amides is 1. The molecule has 0 spiro atoms. The van der Waals surface area contributed by atoms with Crippen molar-refractivity contribution in [2.45, 2.75) is 33.2 Å². The van der Waals surface area contributed by atoms with Crippen molar-refractivity contribution in [3.8, 4) is 0 Å². The number of carbonyl (C=O) groups excluding carboxylic acids is 1. The van der Waals surface area contributed by atoms with Crippen LogP contribution in [0.5, 0.6) is 0 Å². The van der Waals surface area contributed by atoms with Crippen LogP contribution >= 0.6 is 24.8 Å². The Hall–Kier alpha value is -0.660. The van der Waals surface area contributed by atoms with Crippen LogP contribution in [-0.4, -0.2) is 51.5 Å². The van der Waals surface area contributed by atoms with Crippen LogP contribution in [0.1, 0.15) is 36.7 Å². The van der Waals surface area contributed by atoms with Crippen LogP contribution < -0.4 is 5.84 Å². The van der Waals surface area contributed by atoms with Gasteiger partial charge in [-0.3, -0.25) is 9.80 Å². The first-order valence-corrected chi connectivity index (χ1v) is 7.09. The number of nitrogens with two attached hydrogens (primary N) is 1. The first-order chi connectivity index (χ1) is 10.2. The zero-order valence-corrected chi connectivity index (χ0v) is 16.5. The Bertz CT molecular complexity index is 626. The van der Waals surface area contributed by atoms with Crippen LogP contribution in [-0.2, 0) is 0 Å². The van der Waals surface area contributed by atoms with Crippen LogP contribution in [0.4, 0.5) is 4.39 Å². The SMILES string of the molecule is CC(C)(C)N(N)C(=O)c1ccccc1F.Cc1ccccc1.Cl.Cl.O.[NaH]. The van der Waals surface area contributed by atoms with Crippen LogP contribution in [0.25, 0.3) is 0 Å². The van der Waals surface area contributed by atoms with Gasteiger partial charge in [-0.15, -0.1) is 24.8 Å². The van der Waals surface area contributed by atoms with Crippen molar-refractivity contribution in [1.82, 2.24) is 5.01 Å². The van der Waals surface area contributed by atoms with Gasteiger partial charge in [-0.25, -0.2) is 10.2 Å². The number of aryl methyl sites for hydroxylation is 1. The van der Waals surface area contributed by atoms with Crippen molar-refractivity contribution in [2.75, 3.05) is 0 Å². The van der Waals surface area contributed by atoms with Gasteiger partial charge in [0, 0.05) is 0 Å². The van der Waals surface area contributed by atoms with E-state index < -0.39 is 17.3 Å². The van der Waals surface area contributed by atoms with E-state index in [1.165, 1.54) is 23.8 Å². The summed E-state index contributed by atoms with van der Waals surface area (Å²) >= 11 is 0. The molecule has 4 nitrogen and oxygen atoms in total. The van der Waals surface area contributed by atoms with E-state index in [0.29, 0.717) is 0 Å². The normalized spacial score (nSPS) is 8.85. The molecule has 1 amide bonds. The minimum atomic E-state index is -0.554. The van der Waals surface area contributed by atoms with Crippen LogP contribution in [0, 0.1) is 12.7 Å². The molecule has 4 N–H and O–H groups in total. The molecule has 2 aromatic carbocycles. The zero-order chi connectivity index (χ0) is 16.8. The van der Waals surface area contributed by atoms with Gasteiger partial charge in [-0.2, -0.15) is 0 Å². The van der Waals surface area contributed by atoms with Gasteiger partial charge >= 0.3 is 29.6 Å².